The second kappa shape index (κ2) is 5.52. The number of benzene rings is 1. The summed E-state index contributed by atoms with van der Waals surface area (Å²) in [6.45, 7) is 4.37. The topological polar surface area (TPSA) is 55.4 Å². The molecule has 0 aliphatic heterocycles. The first kappa shape index (κ1) is 13.3. The zero-order chi connectivity index (χ0) is 12.2. The summed E-state index contributed by atoms with van der Waals surface area (Å²) in [5.41, 5.74) is 0. The van der Waals surface area contributed by atoms with Gasteiger partial charge in [0, 0.05) is 6.54 Å². The Morgan fingerprint density at radius 1 is 1.38 bits per heavy atom. The van der Waals surface area contributed by atoms with Gasteiger partial charge in [-0.25, -0.2) is 13.1 Å². The van der Waals surface area contributed by atoms with Crippen molar-refractivity contribution in [2.45, 2.75) is 18.7 Å². The molecule has 0 radical (unpaired) electrons. The Kier molecular flexibility index (Phi) is 4.58. The van der Waals surface area contributed by atoms with Crippen LogP contribution in [0, 0.1) is 0 Å². The summed E-state index contributed by atoms with van der Waals surface area (Å²) in [5, 5.41) is 0.292. The van der Waals surface area contributed by atoms with E-state index in [1.165, 1.54) is 12.1 Å². The minimum Gasteiger partial charge on any atom is -0.492 e. The van der Waals surface area contributed by atoms with Crippen molar-refractivity contribution in [2.24, 2.45) is 0 Å². The van der Waals surface area contributed by atoms with Gasteiger partial charge >= 0.3 is 0 Å². The second-order valence-electron chi connectivity index (χ2n) is 3.03. The van der Waals surface area contributed by atoms with Gasteiger partial charge in [0.2, 0.25) is 10.0 Å². The zero-order valence-corrected chi connectivity index (χ0v) is 10.7. The third-order valence-corrected chi connectivity index (χ3v) is 3.69. The molecule has 90 valence electrons. The molecule has 0 aromatic heterocycles. The van der Waals surface area contributed by atoms with E-state index in [0.29, 0.717) is 23.9 Å². The number of ether oxygens (including phenoxy) is 1. The first-order valence-electron chi connectivity index (χ1n) is 4.93. The van der Waals surface area contributed by atoms with Crippen molar-refractivity contribution in [2.75, 3.05) is 13.2 Å². The van der Waals surface area contributed by atoms with Gasteiger partial charge in [-0.05, 0) is 25.1 Å². The van der Waals surface area contributed by atoms with Gasteiger partial charge in [-0.15, -0.1) is 0 Å². The fourth-order valence-corrected chi connectivity index (χ4v) is 2.56. The Morgan fingerprint density at radius 3 is 2.56 bits per heavy atom. The molecular weight excluding hydrogens is 250 g/mol. The van der Waals surface area contributed by atoms with Crippen LogP contribution in [-0.4, -0.2) is 21.6 Å². The molecule has 1 aromatic rings. The summed E-state index contributed by atoms with van der Waals surface area (Å²) >= 11 is 5.90. The maximum absolute atomic E-state index is 11.6. The van der Waals surface area contributed by atoms with Crippen LogP contribution in [0.4, 0.5) is 0 Å². The molecule has 4 nitrogen and oxygen atoms in total. The van der Waals surface area contributed by atoms with E-state index < -0.39 is 10.0 Å². The monoisotopic (exact) mass is 263 g/mol. The number of sulfonamides is 1. The summed E-state index contributed by atoms with van der Waals surface area (Å²) in [6, 6.07) is 4.40. The average Bonchev–Trinajstić information content (AvgIpc) is 2.21. The van der Waals surface area contributed by atoms with E-state index in [-0.39, 0.29) is 4.90 Å². The lowest BCUT2D eigenvalue weighted by Crippen LogP contribution is -2.23. The van der Waals surface area contributed by atoms with Crippen molar-refractivity contribution in [1.29, 1.82) is 0 Å². The van der Waals surface area contributed by atoms with E-state index in [9.17, 15) is 8.42 Å². The van der Waals surface area contributed by atoms with Crippen molar-refractivity contribution in [3.05, 3.63) is 23.2 Å². The summed E-state index contributed by atoms with van der Waals surface area (Å²) in [5.74, 6) is 0.486. The highest BCUT2D eigenvalue weighted by Gasteiger charge is 2.14. The van der Waals surface area contributed by atoms with Gasteiger partial charge < -0.3 is 4.74 Å². The maximum atomic E-state index is 11.6. The summed E-state index contributed by atoms with van der Waals surface area (Å²) in [6.07, 6.45) is 0. The number of halogens is 1. The molecule has 1 rings (SSSR count). The summed E-state index contributed by atoms with van der Waals surface area (Å²) < 4.78 is 30.9. The molecule has 1 aromatic carbocycles. The Hall–Kier alpha value is -0.780. The highest BCUT2D eigenvalue weighted by Crippen LogP contribution is 2.27. The molecule has 0 fully saturated rings. The fourth-order valence-electron chi connectivity index (χ4n) is 1.19. The molecule has 16 heavy (non-hydrogen) atoms. The van der Waals surface area contributed by atoms with Gasteiger partial charge in [-0.1, -0.05) is 18.5 Å². The lowest BCUT2D eigenvalue weighted by atomic mass is 10.3. The van der Waals surface area contributed by atoms with Crippen LogP contribution < -0.4 is 9.46 Å². The summed E-state index contributed by atoms with van der Waals surface area (Å²) in [4.78, 5) is 0.141. The Labute approximate surface area is 101 Å². The fraction of sp³-hybridized carbons (Fsp3) is 0.400. The maximum Gasteiger partial charge on any atom is 0.240 e. The standard InChI is InChI=1S/C10H14ClNO3S/c1-3-12-16(13,14)8-5-6-10(15-4-2)9(11)7-8/h5-7,12H,3-4H2,1-2H3. The first-order valence-corrected chi connectivity index (χ1v) is 6.79. The number of hydrogen-bond donors (Lipinski definition) is 1. The van der Waals surface area contributed by atoms with Crippen LogP contribution >= 0.6 is 11.6 Å². The molecule has 6 heteroatoms. The smallest absolute Gasteiger partial charge is 0.240 e. The highest BCUT2D eigenvalue weighted by molar-refractivity contribution is 7.89. The molecule has 0 bridgehead atoms. The molecule has 0 heterocycles. The van der Waals surface area contributed by atoms with Crippen LogP contribution in [0.1, 0.15) is 13.8 Å². The highest BCUT2D eigenvalue weighted by atomic mass is 35.5. The van der Waals surface area contributed by atoms with Gasteiger partial charge in [0.05, 0.1) is 16.5 Å². The lowest BCUT2D eigenvalue weighted by molar-refractivity contribution is 0.340. The van der Waals surface area contributed by atoms with Gasteiger partial charge in [-0.3, -0.25) is 0 Å². The van der Waals surface area contributed by atoms with Gasteiger partial charge in [0.15, 0.2) is 0 Å². The van der Waals surface area contributed by atoms with Crippen molar-refractivity contribution in [3.63, 3.8) is 0 Å². The third-order valence-electron chi connectivity index (χ3n) is 1.85. The van der Waals surface area contributed by atoms with E-state index in [0.717, 1.165) is 0 Å². The normalized spacial score (nSPS) is 11.4. The number of rotatable bonds is 5. The van der Waals surface area contributed by atoms with E-state index in [4.69, 9.17) is 16.3 Å². The van der Waals surface area contributed by atoms with E-state index in [1.54, 1.807) is 13.0 Å². The quantitative estimate of drug-likeness (QED) is 0.884. The largest absolute Gasteiger partial charge is 0.492 e. The van der Waals surface area contributed by atoms with E-state index >= 15 is 0 Å². The van der Waals surface area contributed by atoms with Crippen LogP contribution in [0.15, 0.2) is 23.1 Å². The summed E-state index contributed by atoms with van der Waals surface area (Å²) in [7, 11) is -3.45. The van der Waals surface area contributed by atoms with Crippen molar-refractivity contribution < 1.29 is 13.2 Å². The van der Waals surface area contributed by atoms with Crippen molar-refractivity contribution in [1.82, 2.24) is 4.72 Å². The molecule has 0 unspecified atom stereocenters. The van der Waals surface area contributed by atoms with Crippen molar-refractivity contribution in [3.8, 4) is 5.75 Å². The lowest BCUT2D eigenvalue weighted by Gasteiger charge is -2.08. The average molecular weight is 264 g/mol. The molecule has 0 saturated heterocycles. The molecule has 1 N–H and O–H groups in total. The second-order valence-corrected chi connectivity index (χ2v) is 5.20. The Morgan fingerprint density at radius 2 is 2.06 bits per heavy atom. The number of nitrogens with one attached hydrogen (secondary N) is 1. The molecule has 0 atom stereocenters. The predicted molar refractivity (Wildman–Crippen MR) is 63.5 cm³/mol. The van der Waals surface area contributed by atoms with Gasteiger partial charge in [0.1, 0.15) is 5.75 Å². The minimum atomic E-state index is -3.45. The third kappa shape index (κ3) is 3.10. The molecule has 0 spiro atoms. The van der Waals surface area contributed by atoms with Gasteiger partial charge in [-0.2, -0.15) is 0 Å². The van der Waals surface area contributed by atoms with E-state index in [2.05, 4.69) is 4.72 Å². The van der Waals surface area contributed by atoms with Crippen LogP contribution in [0.2, 0.25) is 5.02 Å². The Bertz CT molecular complexity index is 459. The van der Waals surface area contributed by atoms with Crippen LogP contribution in [-0.2, 0) is 10.0 Å². The Balaban J connectivity index is 3.06. The zero-order valence-electron chi connectivity index (χ0n) is 9.16. The number of hydrogen-bond acceptors (Lipinski definition) is 3. The van der Waals surface area contributed by atoms with E-state index in [1.807, 2.05) is 6.92 Å². The molecular formula is C10H14ClNO3S. The van der Waals surface area contributed by atoms with Crippen molar-refractivity contribution >= 4 is 21.6 Å². The molecule has 0 aliphatic carbocycles. The molecule has 0 amide bonds. The van der Waals surface area contributed by atoms with Crippen LogP contribution in [0.3, 0.4) is 0 Å². The SMILES string of the molecule is CCNS(=O)(=O)c1ccc(OCC)c(Cl)c1. The van der Waals surface area contributed by atoms with Gasteiger partial charge in [0.25, 0.3) is 0 Å². The van der Waals surface area contributed by atoms with Crippen LogP contribution in [0.5, 0.6) is 5.75 Å². The minimum absolute atomic E-state index is 0.141. The first-order chi connectivity index (χ1) is 7.51. The predicted octanol–water partition coefficient (Wildman–Crippen LogP) is 2.04. The molecule has 0 aliphatic rings. The van der Waals surface area contributed by atoms with Crippen LogP contribution in [0.25, 0.3) is 0 Å². The molecule has 0 saturated carbocycles.